The van der Waals surface area contributed by atoms with Crippen molar-refractivity contribution in [2.75, 3.05) is 63.6 Å². The summed E-state index contributed by atoms with van der Waals surface area (Å²) in [7, 11) is 3.97. The zero-order chi connectivity index (χ0) is 30.6. The second-order valence-electron chi connectivity index (χ2n) is 11.3. The Balaban J connectivity index is 1.17. The first kappa shape index (κ1) is 29.2. The van der Waals surface area contributed by atoms with E-state index in [2.05, 4.69) is 31.4 Å². The van der Waals surface area contributed by atoms with Crippen molar-refractivity contribution in [3.8, 4) is 11.5 Å². The monoisotopic (exact) mass is 594 g/mol. The number of carbonyl (C=O) groups excluding carboxylic acids is 1. The Morgan fingerprint density at radius 3 is 2.89 bits per heavy atom. The Labute approximate surface area is 257 Å². The number of hydrogen-bond acceptors (Lipinski definition) is 10. The quantitative estimate of drug-likeness (QED) is 0.302. The van der Waals surface area contributed by atoms with E-state index in [1.54, 1.807) is 18.6 Å². The highest BCUT2D eigenvalue weighted by atomic mass is 16.5. The number of amides is 1. The summed E-state index contributed by atoms with van der Waals surface area (Å²) in [6.45, 7) is 7.83. The molecule has 228 valence electrons. The summed E-state index contributed by atoms with van der Waals surface area (Å²) in [6, 6.07) is 10.2. The molecule has 0 radical (unpaired) electrons. The zero-order valence-corrected chi connectivity index (χ0v) is 25.6. The van der Waals surface area contributed by atoms with Gasteiger partial charge in [-0.25, -0.2) is 9.97 Å². The summed E-state index contributed by atoms with van der Waals surface area (Å²) in [5.41, 5.74) is 3.69. The van der Waals surface area contributed by atoms with E-state index in [0.29, 0.717) is 32.1 Å². The molecule has 0 bridgehead atoms. The highest BCUT2D eigenvalue weighted by Crippen LogP contribution is 2.40. The molecule has 11 nitrogen and oxygen atoms in total. The lowest BCUT2D eigenvalue weighted by molar-refractivity contribution is -0.127. The molecule has 0 saturated carbocycles. The smallest absolute Gasteiger partial charge is 0.246 e. The van der Waals surface area contributed by atoms with Gasteiger partial charge in [-0.2, -0.15) is 5.10 Å². The maximum absolute atomic E-state index is 12.8. The molecule has 1 amide bonds. The van der Waals surface area contributed by atoms with Crippen LogP contribution in [-0.2, 0) is 4.79 Å². The Morgan fingerprint density at radius 2 is 2.11 bits per heavy atom. The third kappa shape index (κ3) is 6.37. The first-order valence-corrected chi connectivity index (χ1v) is 14.9. The number of likely N-dealkylation sites (N-methyl/N-ethyl adjacent to an activating group) is 1. The lowest BCUT2D eigenvalue weighted by Gasteiger charge is -2.45. The van der Waals surface area contributed by atoms with Crippen LogP contribution in [0.4, 0.5) is 17.2 Å². The van der Waals surface area contributed by atoms with Crippen LogP contribution in [0.15, 0.2) is 78.0 Å². The van der Waals surface area contributed by atoms with Crippen molar-refractivity contribution in [1.29, 1.82) is 0 Å². The second kappa shape index (κ2) is 12.8. The molecule has 0 aliphatic carbocycles. The first-order valence-electron chi connectivity index (χ1n) is 14.9. The van der Waals surface area contributed by atoms with Crippen LogP contribution in [0.2, 0.25) is 0 Å². The molecular formula is C33H38N8O3. The number of hydrogen-bond donors (Lipinski definition) is 1. The van der Waals surface area contributed by atoms with Gasteiger partial charge in [0, 0.05) is 61.8 Å². The Morgan fingerprint density at radius 1 is 1.23 bits per heavy atom. The summed E-state index contributed by atoms with van der Waals surface area (Å²) < 4.78 is 12.3. The predicted octanol–water partition coefficient (Wildman–Crippen LogP) is 4.31. The van der Waals surface area contributed by atoms with Gasteiger partial charge in [0.05, 0.1) is 23.8 Å². The number of rotatable bonds is 8. The van der Waals surface area contributed by atoms with Crippen LogP contribution in [-0.4, -0.2) is 96.4 Å². The van der Waals surface area contributed by atoms with Crippen molar-refractivity contribution in [2.45, 2.75) is 19.9 Å². The van der Waals surface area contributed by atoms with Crippen molar-refractivity contribution in [1.82, 2.24) is 24.8 Å². The number of allylic oxidation sites excluding steroid dienone is 1. The molecule has 11 heteroatoms. The third-order valence-corrected chi connectivity index (χ3v) is 7.80. The molecule has 1 fully saturated rings. The number of anilines is 3. The van der Waals surface area contributed by atoms with E-state index in [0.717, 1.165) is 58.2 Å². The summed E-state index contributed by atoms with van der Waals surface area (Å²) >= 11 is 0. The van der Waals surface area contributed by atoms with Crippen LogP contribution < -0.4 is 19.7 Å². The van der Waals surface area contributed by atoms with Gasteiger partial charge in [-0.05, 0) is 69.9 Å². The van der Waals surface area contributed by atoms with Gasteiger partial charge in [0.15, 0.2) is 0 Å². The fourth-order valence-corrected chi connectivity index (χ4v) is 5.57. The van der Waals surface area contributed by atoms with Gasteiger partial charge in [0.25, 0.3) is 0 Å². The number of aromatic nitrogens is 2. The standard InChI is InChI=1S/C33H38N8O3/c1-5-36-40-13-10-26(11-14-40)44-30-9-8-24(17-23(30)2)37-33-27-18-29-31(19-28(27)34-22-35-33)43-21-25-20-39(15-16-41(25)29)32(42)7-6-12-38(3)4/h5-11,13,17-19,22,25H,12,14-16,20-21H2,1-4H3,(H,34,35,37)/b7-6+,36-5-. The maximum atomic E-state index is 12.8. The molecule has 3 aromatic rings. The maximum Gasteiger partial charge on any atom is 0.246 e. The van der Waals surface area contributed by atoms with E-state index < -0.39 is 0 Å². The van der Waals surface area contributed by atoms with E-state index in [4.69, 9.17) is 9.47 Å². The minimum atomic E-state index is 0.0441. The number of carbonyl (C=O) groups is 1. The average molecular weight is 595 g/mol. The fourth-order valence-electron chi connectivity index (χ4n) is 5.57. The summed E-state index contributed by atoms with van der Waals surface area (Å²) in [5.74, 6) is 3.13. The van der Waals surface area contributed by atoms with Gasteiger partial charge in [-0.15, -0.1) is 0 Å². The summed E-state index contributed by atoms with van der Waals surface area (Å²) in [5, 5.41) is 10.5. The molecule has 1 N–H and O–H groups in total. The molecule has 3 aliphatic heterocycles. The number of hydrazone groups is 1. The zero-order valence-electron chi connectivity index (χ0n) is 25.6. The van der Waals surface area contributed by atoms with E-state index in [1.807, 2.05) is 91.4 Å². The molecule has 3 aliphatic rings. The molecule has 1 unspecified atom stereocenters. The van der Waals surface area contributed by atoms with Gasteiger partial charge in [0.1, 0.15) is 36.0 Å². The van der Waals surface area contributed by atoms with Crippen LogP contribution in [0.3, 0.4) is 0 Å². The summed E-state index contributed by atoms with van der Waals surface area (Å²) in [4.78, 5) is 28.2. The van der Waals surface area contributed by atoms with Crippen LogP contribution in [0.25, 0.3) is 10.9 Å². The van der Waals surface area contributed by atoms with Crippen LogP contribution in [0.1, 0.15) is 12.5 Å². The molecule has 1 aromatic heterocycles. The SMILES string of the molecule is C/C=N\N1C=CC(Oc2ccc(Nc3ncnc4cc5c(cc34)N3CCN(C(=O)/C=C/CN(C)C)CC3CO5)cc2C)=CC1. The number of fused-ring (bicyclic) bond motifs is 4. The number of nitrogens with one attached hydrogen (secondary N) is 1. The Bertz CT molecular complexity index is 1660. The average Bonchev–Trinajstić information content (AvgIpc) is 3.02. The van der Waals surface area contributed by atoms with E-state index in [1.165, 1.54) is 0 Å². The largest absolute Gasteiger partial charge is 0.489 e. The van der Waals surface area contributed by atoms with Crippen molar-refractivity contribution >= 4 is 40.2 Å². The van der Waals surface area contributed by atoms with E-state index >= 15 is 0 Å². The molecule has 44 heavy (non-hydrogen) atoms. The second-order valence-corrected chi connectivity index (χ2v) is 11.3. The third-order valence-electron chi connectivity index (χ3n) is 7.80. The minimum absolute atomic E-state index is 0.0441. The highest BCUT2D eigenvalue weighted by Gasteiger charge is 2.34. The van der Waals surface area contributed by atoms with Gasteiger partial charge in [0.2, 0.25) is 5.91 Å². The number of aryl methyl sites for hydroxylation is 1. The number of benzene rings is 2. The lowest BCUT2D eigenvalue weighted by atomic mass is 10.1. The molecule has 2 aromatic carbocycles. The molecular weight excluding hydrogens is 556 g/mol. The predicted molar refractivity (Wildman–Crippen MR) is 174 cm³/mol. The van der Waals surface area contributed by atoms with Gasteiger partial charge in [-0.3, -0.25) is 9.80 Å². The van der Waals surface area contributed by atoms with E-state index in [9.17, 15) is 4.79 Å². The van der Waals surface area contributed by atoms with Crippen molar-refractivity contribution in [3.05, 3.63) is 78.5 Å². The number of ether oxygens (including phenoxy) is 2. The van der Waals surface area contributed by atoms with Crippen molar-refractivity contribution in [3.63, 3.8) is 0 Å². The van der Waals surface area contributed by atoms with Crippen molar-refractivity contribution in [2.24, 2.45) is 5.10 Å². The number of piperazine rings is 1. The van der Waals surface area contributed by atoms with Gasteiger partial charge >= 0.3 is 0 Å². The molecule has 6 rings (SSSR count). The Kier molecular flexibility index (Phi) is 8.47. The van der Waals surface area contributed by atoms with E-state index in [-0.39, 0.29) is 11.9 Å². The topological polar surface area (TPSA) is 98.7 Å². The summed E-state index contributed by atoms with van der Waals surface area (Å²) in [6.07, 6.45) is 12.7. The molecule has 0 spiro atoms. The lowest BCUT2D eigenvalue weighted by Crippen LogP contribution is -2.58. The molecule has 4 heterocycles. The van der Waals surface area contributed by atoms with Gasteiger partial charge < -0.3 is 29.5 Å². The number of nitrogens with zero attached hydrogens (tertiary/aromatic N) is 7. The van der Waals surface area contributed by atoms with Crippen molar-refractivity contribution < 1.29 is 14.3 Å². The van der Waals surface area contributed by atoms with Crippen LogP contribution in [0, 0.1) is 6.92 Å². The van der Waals surface area contributed by atoms with Gasteiger partial charge in [-0.1, -0.05) is 6.08 Å². The fraction of sp³-hybridized carbons (Fsp3) is 0.333. The Hall–Kier alpha value is -4.90. The molecule has 1 atom stereocenters. The minimum Gasteiger partial charge on any atom is -0.489 e. The van der Waals surface area contributed by atoms with Crippen LogP contribution in [0.5, 0.6) is 11.5 Å². The van der Waals surface area contributed by atoms with Crippen LogP contribution >= 0.6 is 0 Å². The normalized spacial score (nSPS) is 18.1. The molecule has 1 saturated heterocycles. The first-order chi connectivity index (χ1) is 21.4. The highest BCUT2D eigenvalue weighted by molar-refractivity contribution is 5.95.